The molecule has 6 aromatic heterocycles. The van der Waals surface area contributed by atoms with E-state index >= 15 is 0 Å². The zero-order valence-electron chi connectivity index (χ0n) is 21.4. The van der Waals surface area contributed by atoms with E-state index in [1.54, 1.807) is 18.6 Å². The molecule has 6 heterocycles. The Hall–Kier alpha value is -4.92. The molecule has 0 aliphatic heterocycles. The number of fused-ring (bicyclic) bond motifs is 2. The summed E-state index contributed by atoms with van der Waals surface area (Å²) in [5.74, 6) is 1.14. The maximum Gasteiger partial charge on any atom is 0.161 e. The minimum absolute atomic E-state index is 0.517. The van der Waals surface area contributed by atoms with Crippen LogP contribution in [-0.4, -0.2) is 40.1 Å². The lowest BCUT2D eigenvalue weighted by Gasteiger charge is -2.24. The first-order chi connectivity index (χ1) is 19.2. The molecule has 9 nitrogen and oxygen atoms in total. The zero-order valence-corrected chi connectivity index (χ0v) is 21.4. The van der Waals surface area contributed by atoms with Crippen molar-refractivity contribution in [1.29, 1.82) is 0 Å². The van der Waals surface area contributed by atoms with Gasteiger partial charge in [0.05, 0.1) is 40.3 Å². The highest BCUT2D eigenvalue weighted by atomic mass is 15.2. The molecule has 192 valence electrons. The van der Waals surface area contributed by atoms with Crippen LogP contribution in [0.5, 0.6) is 0 Å². The van der Waals surface area contributed by atoms with Crippen molar-refractivity contribution in [3.05, 3.63) is 79.8 Å². The quantitative estimate of drug-likeness (QED) is 0.232. The number of H-pyrrole nitrogens is 2. The third kappa shape index (κ3) is 4.41. The molecule has 0 aromatic carbocycles. The van der Waals surface area contributed by atoms with Crippen molar-refractivity contribution < 1.29 is 0 Å². The van der Waals surface area contributed by atoms with Gasteiger partial charge in [-0.1, -0.05) is 25.8 Å². The Morgan fingerprint density at radius 1 is 0.821 bits per heavy atom. The smallest absolute Gasteiger partial charge is 0.161 e. The number of pyridine rings is 4. The van der Waals surface area contributed by atoms with E-state index in [-0.39, 0.29) is 0 Å². The highest BCUT2D eigenvalue weighted by Gasteiger charge is 2.19. The molecule has 0 radical (unpaired) electrons. The molecular weight excluding hydrogens is 486 g/mol. The Morgan fingerprint density at radius 3 is 2.54 bits per heavy atom. The second-order valence-electron chi connectivity index (χ2n) is 10.0. The fraction of sp³-hybridized carbons (Fsp3) is 0.200. The van der Waals surface area contributed by atoms with Gasteiger partial charge in [-0.05, 0) is 54.7 Å². The van der Waals surface area contributed by atoms with Crippen molar-refractivity contribution >= 4 is 27.8 Å². The van der Waals surface area contributed by atoms with Gasteiger partial charge in [0.25, 0.3) is 0 Å². The Labute approximate surface area is 224 Å². The fourth-order valence-corrected chi connectivity index (χ4v) is 5.40. The third-order valence-corrected chi connectivity index (χ3v) is 7.45. The molecule has 7 rings (SSSR count). The Kier molecular flexibility index (Phi) is 5.81. The maximum absolute atomic E-state index is 4.97. The number of rotatable bonds is 6. The van der Waals surface area contributed by atoms with Crippen LogP contribution < -0.4 is 5.32 Å². The van der Waals surface area contributed by atoms with Crippen LogP contribution in [0.15, 0.2) is 79.8 Å². The van der Waals surface area contributed by atoms with Crippen LogP contribution >= 0.6 is 0 Å². The first kappa shape index (κ1) is 23.2. The number of hydrogen-bond acceptors (Lipinski definition) is 7. The summed E-state index contributed by atoms with van der Waals surface area (Å²) in [5.41, 5.74) is 9.50. The lowest BCUT2D eigenvalue weighted by molar-refractivity contribution is 0.405. The summed E-state index contributed by atoms with van der Waals surface area (Å²) in [6.45, 7) is 4.31. The van der Waals surface area contributed by atoms with E-state index in [1.807, 2.05) is 42.9 Å². The average Bonchev–Trinajstić information content (AvgIpc) is 3.62. The Morgan fingerprint density at radius 2 is 1.67 bits per heavy atom. The van der Waals surface area contributed by atoms with Crippen LogP contribution in [0, 0.1) is 5.92 Å². The van der Waals surface area contributed by atoms with Gasteiger partial charge >= 0.3 is 0 Å². The average molecular weight is 514 g/mol. The molecule has 1 fully saturated rings. The summed E-state index contributed by atoms with van der Waals surface area (Å²) in [5, 5.41) is 11.1. The van der Waals surface area contributed by atoms with Crippen LogP contribution in [-0.2, 0) is 0 Å². The Balaban J connectivity index is 1.23. The summed E-state index contributed by atoms with van der Waals surface area (Å²) in [4.78, 5) is 26.3. The van der Waals surface area contributed by atoms with E-state index in [0.717, 1.165) is 55.8 Å². The van der Waals surface area contributed by atoms with Crippen LogP contribution in [0.4, 0.5) is 5.69 Å². The molecule has 6 aromatic rings. The monoisotopic (exact) mass is 513 g/mol. The number of aromatic amines is 2. The second kappa shape index (κ2) is 9.75. The van der Waals surface area contributed by atoms with E-state index in [4.69, 9.17) is 9.97 Å². The first-order valence-corrected chi connectivity index (χ1v) is 13.2. The molecule has 39 heavy (non-hydrogen) atoms. The number of imidazole rings is 1. The van der Waals surface area contributed by atoms with Gasteiger partial charge in [-0.2, -0.15) is 5.10 Å². The van der Waals surface area contributed by atoms with Crippen molar-refractivity contribution in [3.8, 4) is 33.9 Å². The predicted molar refractivity (Wildman–Crippen MR) is 153 cm³/mol. The second-order valence-corrected chi connectivity index (χ2v) is 10.0. The number of nitrogens with zero attached hydrogens (tertiary/aromatic N) is 6. The van der Waals surface area contributed by atoms with Gasteiger partial charge in [-0.15, -0.1) is 0 Å². The molecule has 0 unspecified atom stereocenters. The molecule has 3 N–H and O–H groups in total. The van der Waals surface area contributed by atoms with E-state index in [2.05, 4.69) is 48.1 Å². The van der Waals surface area contributed by atoms with Gasteiger partial charge in [0.1, 0.15) is 5.52 Å². The molecule has 0 spiro atoms. The SMILES string of the molecule is C=C(Nc1cncc(-c2ccc3[nH]nc(-c4nc5c(-c6ccncc6)cncc5[nH]4)c3n2)c1)C1CCCCC1. The van der Waals surface area contributed by atoms with Crippen molar-refractivity contribution in [2.45, 2.75) is 32.1 Å². The van der Waals surface area contributed by atoms with E-state index < -0.39 is 0 Å². The van der Waals surface area contributed by atoms with E-state index in [0.29, 0.717) is 17.4 Å². The van der Waals surface area contributed by atoms with Crippen LogP contribution in [0.25, 0.3) is 56.0 Å². The highest BCUT2D eigenvalue weighted by Crippen LogP contribution is 2.32. The molecule has 0 atom stereocenters. The van der Waals surface area contributed by atoms with Crippen LogP contribution in [0.1, 0.15) is 32.1 Å². The van der Waals surface area contributed by atoms with Crippen molar-refractivity contribution in [2.24, 2.45) is 5.92 Å². The van der Waals surface area contributed by atoms with Gasteiger partial charge in [0.2, 0.25) is 0 Å². The summed E-state index contributed by atoms with van der Waals surface area (Å²) < 4.78 is 0. The molecule has 0 bridgehead atoms. The number of nitrogens with one attached hydrogen (secondary N) is 3. The molecular formula is C30H27N9. The van der Waals surface area contributed by atoms with Gasteiger partial charge in [-0.25, -0.2) is 9.97 Å². The van der Waals surface area contributed by atoms with Crippen molar-refractivity contribution in [3.63, 3.8) is 0 Å². The van der Waals surface area contributed by atoms with Crippen molar-refractivity contribution in [2.75, 3.05) is 5.32 Å². The standard InChI is InChI=1S/C30H27N9/c1-18(19-5-3-2-4-6-19)34-22-13-21(14-32-15-22)24-7-8-25-28(35-24)29(39-38-25)30-36-26-17-33-16-23(27(26)37-30)20-9-11-31-12-10-20/h7-17,19,34H,1-6H2,(H,36,37)(H,38,39). The minimum atomic E-state index is 0.517. The first-order valence-electron chi connectivity index (χ1n) is 13.2. The third-order valence-electron chi connectivity index (χ3n) is 7.45. The van der Waals surface area contributed by atoms with E-state index in [9.17, 15) is 0 Å². The molecule has 0 saturated heterocycles. The zero-order chi connectivity index (χ0) is 26.2. The molecule has 1 aliphatic rings. The number of allylic oxidation sites excluding steroid dienone is 1. The molecule has 9 heteroatoms. The fourth-order valence-electron chi connectivity index (χ4n) is 5.40. The largest absolute Gasteiger partial charge is 0.358 e. The number of aromatic nitrogens is 8. The predicted octanol–water partition coefficient (Wildman–Crippen LogP) is 6.53. The number of anilines is 1. The van der Waals surface area contributed by atoms with Gasteiger partial charge in [-0.3, -0.25) is 20.1 Å². The van der Waals surface area contributed by atoms with Gasteiger partial charge in [0, 0.05) is 41.6 Å². The summed E-state index contributed by atoms with van der Waals surface area (Å²) in [7, 11) is 0. The molecule has 1 saturated carbocycles. The summed E-state index contributed by atoms with van der Waals surface area (Å²) in [6.07, 6.45) is 17.0. The maximum atomic E-state index is 4.97. The van der Waals surface area contributed by atoms with Crippen molar-refractivity contribution in [1.82, 2.24) is 40.1 Å². The van der Waals surface area contributed by atoms with Gasteiger partial charge < -0.3 is 10.3 Å². The summed E-state index contributed by atoms with van der Waals surface area (Å²) in [6, 6.07) is 9.93. The van der Waals surface area contributed by atoms with Gasteiger partial charge in [0.15, 0.2) is 11.5 Å². The lowest BCUT2D eigenvalue weighted by atomic mass is 9.87. The van der Waals surface area contributed by atoms with Crippen LogP contribution in [0.3, 0.4) is 0 Å². The summed E-state index contributed by atoms with van der Waals surface area (Å²) >= 11 is 0. The highest BCUT2D eigenvalue weighted by molar-refractivity contribution is 5.95. The minimum Gasteiger partial charge on any atom is -0.358 e. The van der Waals surface area contributed by atoms with Crippen LogP contribution in [0.2, 0.25) is 0 Å². The Bertz CT molecular complexity index is 1800. The lowest BCUT2D eigenvalue weighted by Crippen LogP contribution is -2.14. The normalized spacial score (nSPS) is 14.2. The molecule has 0 amide bonds. The number of hydrogen-bond donors (Lipinski definition) is 3. The topological polar surface area (TPSA) is 121 Å². The van der Waals surface area contributed by atoms with E-state index in [1.165, 1.54) is 32.1 Å². The molecule has 1 aliphatic carbocycles.